The first-order valence-electron chi connectivity index (χ1n) is 14.9. The Morgan fingerprint density at radius 2 is 1.21 bits per heavy atom. The summed E-state index contributed by atoms with van der Waals surface area (Å²) in [5.41, 5.74) is 4.64. The van der Waals surface area contributed by atoms with Gasteiger partial charge in [0.05, 0.1) is 29.3 Å². The summed E-state index contributed by atoms with van der Waals surface area (Å²) in [6, 6.07) is 20.7. The molecule has 240 valence electrons. The number of fused-ring (bicyclic) bond motifs is 1. The Hall–Kier alpha value is -5.20. The van der Waals surface area contributed by atoms with Crippen molar-refractivity contribution >= 4 is 41.3 Å². The van der Waals surface area contributed by atoms with E-state index in [1.165, 1.54) is 6.33 Å². The smallest absolute Gasteiger partial charge is 0.338 e. The van der Waals surface area contributed by atoms with Crippen LogP contribution in [-0.2, 0) is 26.0 Å². The monoisotopic (exact) mass is 652 g/mol. The summed E-state index contributed by atoms with van der Waals surface area (Å²) < 4.78 is 27.9. The van der Waals surface area contributed by atoms with Gasteiger partial charge in [-0.3, -0.25) is 4.57 Å². The molecular weight excluding hydrogens is 620 g/mol. The fourth-order valence-corrected chi connectivity index (χ4v) is 5.40. The molecule has 1 aliphatic heterocycles. The number of hydrogen-bond donors (Lipinski definition) is 0. The first kappa shape index (κ1) is 31.8. The Bertz CT molecular complexity index is 2000. The van der Waals surface area contributed by atoms with E-state index in [1.807, 2.05) is 20.8 Å². The SMILES string of the molecule is Cc1ccc(C(=O)OC[C@H]2O[C@@H](n3cnc4c(=S)n(C)cnc43)[C@@H](OC(=O)c3ccc(C)cc3)[C@H]2OC(=O)c2ccc(C)cc2)cc1. The molecule has 5 aromatic rings. The maximum atomic E-state index is 13.5. The first-order valence-corrected chi connectivity index (χ1v) is 15.3. The van der Waals surface area contributed by atoms with Gasteiger partial charge in [0.15, 0.2) is 24.1 Å². The molecule has 0 saturated carbocycles. The van der Waals surface area contributed by atoms with E-state index < -0.39 is 42.4 Å². The van der Waals surface area contributed by atoms with Gasteiger partial charge in [-0.15, -0.1) is 0 Å². The molecule has 3 aromatic carbocycles. The summed E-state index contributed by atoms with van der Waals surface area (Å²) in [7, 11) is 1.75. The largest absolute Gasteiger partial charge is 0.459 e. The Labute approximate surface area is 275 Å². The molecule has 2 aromatic heterocycles. The van der Waals surface area contributed by atoms with Gasteiger partial charge in [-0.2, -0.15) is 0 Å². The van der Waals surface area contributed by atoms with Crippen LogP contribution in [0.4, 0.5) is 0 Å². The van der Waals surface area contributed by atoms with Crippen molar-refractivity contribution < 1.29 is 33.3 Å². The van der Waals surface area contributed by atoms with Crippen molar-refractivity contribution in [2.24, 2.45) is 7.05 Å². The Balaban J connectivity index is 1.38. The number of hydrogen-bond acceptors (Lipinski definition) is 10. The summed E-state index contributed by atoms with van der Waals surface area (Å²) in [6.45, 7) is 5.41. The number of aryl methyl sites for hydroxylation is 4. The number of imidazole rings is 1. The number of benzene rings is 3. The molecule has 0 aliphatic carbocycles. The number of ether oxygens (including phenoxy) is 4. The van der Waals surface area contributed by atoms with Gasteiger partial charge in [0.25, 0.3) is 0 Å². The van der Waals surface area contributed by atoms with Crippen LogP contribution in [0.25, 0.3) is 11.2 Å². The molecule has 0 unspecified atom stereocenters. The normalized spacial score (nSPS) is 19.0. The van der Waals surface area contributed by atoms with Crippen LogP contribution in [0.5, 0.6) is 0 Å². The van der Waals surface area contributed by atoms with Gasteiger partial charge in [-0.1, -0.05) is 65.3 Å². The lowest BCUT2D eigenvalue weighted by atomic mass is 10.1. The second-order valence-electron chi connectivity index (χ2n) is 11.5. The zero-order valence-corrected chi connectivity index (χ0v) is 27.0. The minimum atomic E-state index is -1.21. The maximum absolute atomic E-state index is 13.5. The van der Waals surface area contributed by atoms with Gasteiger partial charge >= 0.3 is 17.9 Å². The average molecular weight is 653 g/mol. The molecule has 3 heterocycles. The van der Waals surface area contributed by atoms with Gasteiger partial charge in [-0.05, 0) is 57.2 Å². The van der Waals surface area contributed by atoms with E-state index in [0.29, 0.717) is 26.9 Å². The highest BCUT2D eigenvalue weighted by atomic mass is 32.1. The lowest BCUT2D eigenvalue weighted by molar-refractivity contribution is -0.0606. The third-order valence-corrected chi connectivity index (χ3v) is 8.41. The zero-order valence-electron chi connectivity index (χ0n) is 26.2. The molecule has 0 bridgehead atoms. The maximum Gasteiger partial charge on any atom is 0.338 e. The highest BCUT2D eigenvalue weighted by Gasteiger charge is 2.52. The third-order valence-electron chi connectivity index (χ3n) is 7.93. The van der Waals surface area contributed by atoms with Crippen LogP contribution < -0.4 is 0 Å². The van der Waals surface area contributed by atoms with Crippen molar-refractivity contribution in [2.75, 3.05) is 6.61 Å². The number of rotatable bonds is 8. The lowest BCUT2D eigenvalue weighted by Crippen LogP contribution is -2.41. The Kier molecular flexibility index (Phi) is 8.97. The van der Waals surface area contributed by atoms with E-state index in [0.717, 1.165) is 16.7 Å². The van der Waals surface area contributed by atoms with Crippen molar-refractivity contribution in [1.82, 2.24) is 19.1 Å². The van der Waals surface area contributed by atoms with Crippen LogP contribution in [0.1, 0.15) is 54.0 Å². The molecule has 0 N–H and O–H groups in total. The average Bonchev–Trinajstić information content (AvgIpc) is 3.64. The molecule has 47 heavy (non-hydrogen) atoms. The topological polar surface area (TPSA) is 124 Å². The number of carbonyl (C=O) groups excluding carboxylic acids is 3. The van der Waals surface area contributed by atoms with E-state index in [-0.39, 0.29) is 12.2 Å². The molecule has 0 amide bonds. The molecule has 11 nitrogen and oxygen atoms in total. The predicted octanol–water partition coefficient (Wildman–Crippen LogP) is 5.63. The Morgan fingerprint density at radius 1 is 0.723 bits per heavy atom. The van der Waals surface area contributed by atoms with Crippen LogP contribution in [0.15, 0.2) is 85.5 Å². The molecular formula is C35H32N4O7S. The highest BCUT2D eigenvalue weighted by Crippen LogP contribution is 2.37. The van der Waals surface area contributed by atoms with Crippen LogP contribution in [0, 0.1) is 25.4 Å². The van der Waals surface area contributed by atoms with Crippen molar-refractivity contribution in [3.63, 3.8) is 0 Å². The van der Waals surface area contributed by atoms with Crippen molar-refractivity contribution in [3.05, 3.63) is 123 Å². The minimum Gasteiger partial charge on any atom is -0.459 e. The van der Waals surface area contributed by atoms with Crippen LogP contribution in [0.3, 0.4) is 0 Å². The molecule has 4 atom stereocenters. The van der Waals surface area contributed by atoms with Crippen LogP contribution in [0.2, 0.25) is 0 Å². The van der Waals surface area contributed by atoms with Crippen molar-refractivity contribution in [1.29, 1.82) is 0 Å². The van der Waals surface area contributed by atoms with Gasteiger partial charge in [0.2, 0.25) is 0 Å². The molecule has 0 radical (unpaired) electrons. The van der Waals surface area contributed by atoms with Gasteiger partial charge in [-0.25, -0.2) is 24.4 Å². The van der Waals surface area contributed by atoms with Crippen LogP contribution >= 0.6 is 12.2 Å². The minimum absolute atomic E-state index is 0.288. The standard InChI is InChI=1S/C35H32N4O7S/c1-20-5-11-23(12-6-20)33(40)43-17-26-28(45-34(41)24-13-7-21(2)8-14-24)29(46-35(42)25-15-9-22(3)10-16-25)31(44-26)39-19-36-27-30(39)37-18-38(4)32(27)47/h5-16,18-19,26,28-29,31H,17H2,1-4H3/t26-,28+,29+,31-/m1/s1. The number of esters is 3. The third kappa shape index (κ3) is 6.69. The summed E-state index contributed by atoms with van der Waals surface area (Å²) in [5, 5.41) is 0. The summed E-state index contributed by atoms with van der Waals surface area (Å²) in [5.74, 6) is -1.92. The quantitative estimate of drug-likeness (QED) is 0.118. The fraction of sp³-hybridized carbons (Fsp3) is 0.257. The lowest BCUT2D eigenvalue weighted by Gasteiger charge is -2.25. The highest BCUT2D eigenvalue weighted by molar-refractivity contribution is 7.71. The number of nitrogens with zero attached hydrogens (tertiary/aromatic N) is 4. The summed E-state index contributed by atoms with van der Waals surface area (Å²) >= 11 is 5.54. The number of aromatic nitrogens is 4. The summed E-state index contributed by atoms with van der Waals surface area (Å²) in [4.78, 5) is 49.0. The van der Waals surface area contributed by atoms with Gasteiger partial charge in [0.1, 0.15) is 22.9 Å². The molecule has 0 spiro atoms. The fourth-order valence-electron chi connectivity index (χ4n) is 5.21. The van der Waals surface area contributed by atoms with Crippen LogP contribution in [-0.4, -0.2) is 61.9 Å². The zero-order chi connectivity index (χ0) is 33.2. The second-order valence-corrected chi connectivity index (χ2v) is 11.9. The predicted molar refractivity (Wildman–Crippen MR) is 173 cm³/mol. The molecule has 6 rings (SSSR count). The van der Waals surface area contributed by atoms with Crippen molar-refractivity contribution in [2.45, 2.75) is 45.3 Å². The summed E-state index contributed by atoms with van der Waals surface area (Å²) in [6.07, 6.45) is -1.51. The van der Waals surface area contributed by atoms with E-state index in [2.05, 4.69) is 9.97 Å². The van der Waals surface area contributed by atoms with E-state index >= 15 is 0 Å². The van der Waals surface area contributed by atoms with Gasteiger partial charge < -0.3 is 23.5 Å². The number of carbonyl (C=O) groups is 3. The second kappa shape index (κ2) is 13.3. The molecule has 1 saturated heterocycles. The van der Waals surface area contributed by atoms with E-state index in [1.54, 1.807) is 95.3 Å². The van der Waals surface area contributed by atoms with Gasteiger partial charge in [0, 0.05) is 7.05 Å². The van der Waals surface area contributed by atoms with E-state index in [4.69, 9.17) is 31.2 Å². The van der Waals surface area contributed by atoms with Crippen molar-refractivity contribution in [3.8, 4) is 0 Å². The van der Waals surface area contributed by atoms with E-state index in [9.17, 15) is 14.4 Å². The molecule has 12 heteroatoms. The molecule has 1 aliphatic rings. The first-order chi connectivity index (χ1) is 22.6. The Morgan fingerprint density at radius 3 is 1.74 bits per heavy atom. The molecule has 1 fully saturated rings.